The van der Waals surface area contributed by atoms with Crippen LogP contribution in [0.3, 0.4) is 0 Å². The minimum atomic E-state index is -1.86. The van der Waals surface area contributed by atoms with E-state index in [2.05, 4.69) is 15.6 Å². The van der Waals surface area contributed by atoms with Crippen molar-refractivity contribution in [3.8, 4) is 0 Å². The third kappa shape index (κ3) is 6.08. The lowest BCUT2D eigenvalue weighted by Crippen LogP contribution is -2.46. The number of benzene rings is 1. The Labute approximate surface area is 193 Å². The first-order valence-corrected chi connectivity index (χ1v) is 10.4. The van der Waals surface area contributed by atoms with Gasteiger partial charge in [-0.25, -0.2) is 14.4 Å². The number of rotatable bonds is 8. The number of aliphatic hydroxyl groups excluding tert-OH is 2. The molecule has 1 fully saturated rings. The number of aromatic nitrogens is 2. The van der Waals surface area contributed by atoms with Gasteiger partial charge in [-0.1, -0.05) is 30.3 Å². The van der Waals surface area contributed by atoms with Crippen molar-refractivity contribution >= 4 is 18.0 Å². The number of ether oxygens (including phenoxy) is 3. The molecule has 1 aromatic heterocycles. The minimum Gasteiger partial charge on any atom is -0.447 e. The Bertz CT molecular complexity index is 1040. The van der Waals surface area contributed by atoms with Gasteiger partial charge in [-0.3, -0.25) is 9.88 Å². The first-order valence-electron chi connectivity index (χ1n) is 10.4. The fourth-order valence-electron chi connectivity index (χ4n) is 3.26. The molecule has 2 heterocycles. The fraction of sp³-hybridized carbons (Fsp3) is 0.429. The number of carbonyl (C=O) groups excluding carboxylic acids is 2. The zero-order valence-electron chi connectivity index (χ0n) is 18.3. The summed E-state index contributed by atoms with van der Waals surface area (Å²) in [5, 5.41) is 34.5. The van der Waals surface area contributed by atoms with Crippen LogP contribution in [0.1, 0.15) is 18.7 Å². The molecule has 3 rings (SSSR count). The second-order valence-corrected chi connectivity index (χ2v) is 7.63. The number of amides is 2. The Hall–Kier alpha value is -3.52. The van der Waals surface area contributed by atoms with Gasteiger partial charge >= 0.3 is 17.9 Å². The van der Waals surface area contributed by atoms with Crippen molar-refractivity contribution in [2.75, 3.05) is 25.1 Å². The average Bonchev–Trinajstić information content (AvgIpc) is 3.04. The second kappa shape index (κ2) is 11.1. The summed E-state index contributed by atoms with van der Waals surface area (Å²) < 4.78 is 16.2. The van der Waals surface area contributed by atoms with E-state index in [0.717, 1.165) is 10.1 Å². The molecule has 0 spiro atoms. The van der Waals surface area contributed by atoms with Crippen molar-refractivity contribution < 1.29 is 39.1 Å². The lowest BCUT2D eigenvalue weighted by Gasteiger charge is -2.27. The summed E-state index contributed by atoms with van der Waals surface area (Å²) in [6, 6.07) is 10.4. The van der Waals surface area contributed by atoms with E-state index in [4.69, 9.17) is 14.2 Å². The third-order valence-electron chi connectivity index (χ3n) is 5.06. The average molecular weight is 478 g/mol. The summed E-state index contributed by atoms with van der Waals surface area (Å²) in [6.45, 7) is 0.647. The molecule has 0 unspecified atom stereocenters. The standard InChI is InChI=1S/C21H26N4O9/c1-21(31)16(27)14(11-26)34-17(21)25-9-7-15(23-18(25)28)24-20(30)32-10-8-22-19(29)33-12-13-5-3-2-4-6-13/h2-7,9,14,16-17,26-27,31H,8,10-12H2,1H3,(H,22,29)(H,23,24,28,30)/t14-,16-,17-,21-/m1/s1. The van der Waals surface area contributed by atoms with Gasteiger partial charge in [0.25, 0.3) is 0 Å². The van der Waals surface area contributed by atoms with Gasteiger partial charge in [-0.15, -0.1) is 0 Å². The maximum atomic E-state index is 12.4. The number of alkyl carbamates (subject to hydrolysis) is 1. The Morgan fingerprint density at radius 1 is 1.21 bits per heavy atom. The van der Waals surface area contributed by atoms with Crippen LogP contribution in [-0.4, -0.2) is 74.6 Å². The maximum absolute atomic E-state index is 12.4. The van der Waals surface area contributed by atoms with Crippen LogP contribution in [0, 0.1) is 0 Å². The molecule has 2 aromatic rings. The highest BCUT2D eigenvalue weighted by Crippen LogP contribution is 2.37. The number of nitrogens with zero attached hydrogens (tertiary/aromatic N) is 2. The number of carbonyl (C=O) groups is 2. The zero-order chi connectivity index (χ0) is 24.7. The summed E-state index contributed by atoms with van der Waals surface area (Å²) in [6.07, 6.45) is -4.18. The molecule has 4 atom stereocenters. The van der Waals surface area contributed by atoms with Crippen LogP contribution in [-0.2, 0) is 20.8 Å². The summed E-state index contributed by atoms with van der Waals surface area (Å²) in [5.41, 5.74) is -1.91. The zero-order valence-corrected chi connectivity index (χ0v) is 18.3. The van der Waals surface area contributed by atoms with Crippen molar-refractivity contribution in [1.29, 1.82) is 0 Å². The van der Waals surface area contributed by atoms with Crippen LogP contribution < -0.4 is 16.3 Å². The lowest BCUT2D eigenvalue weighted by atomic mass is 9.96. The largest absolute Gasteiger partial charge is 0.447 e. The van der Waals surface area contributed by atoms with Gasteiger partial charge in [0.1, 0.15) is 36.8 Å². The number of aliphatic hydroxyl groups is 3. The highest BCUT2D eigenvalue weighted by Gasteiger charge is 2.53. The fourth-order valence-corrected chi connectivity index (χ4v) is 3.26. The Morgan fingerprint density at radius 2 is 1.94 bits per heavy atom. The van der Waals surface area contributed by atoms with Crippen LogP contribution in [0.4, 0.5) is 15.4 Å². The SMILES string of the molecule is C[C@@]1(O)[C@H](O)[C@@H](CO)O[C@H]1n1ccc(NC(=O)OCCNC(=O)OCc2ccccc2)nc1=O. The molecule has 0 aliphatic carbocycles. The molecule has 0 radical (unpaired) electrons. The smallest absolute Gasteiger partial charge is 0.412 e. The van der Waals surface area contributed by atoms with Crippen molar-refractivity contribution in [2.45, 2.75) is 37.6 Å². The molecule has 1 saturated heterocycles. The molecular formula is C21H26N4O9. The first kappa shape index (κ1) is 25.1. The van der Waals surface area contributed by atoms with Crippen molar-refractivity contribution in [1.82, 2.24) is 14.9 Å². The van der Waals surface area contributed by atoms with E-state index in [9.17, 15) is 29.7 Å². The molecule has 2 amide bonds. The molecule has 1 aliphatic heterocycles. The van der Waals surface area contributed by atoms with E-state index in [1.54, 1.807) is 0 Å². The third-order valence-corrected chi connectivity index (χ3v) is 5.06. The predicted molar refractivity (Wildman–Crippen MR) is 116 cm³/mol. The van der Waals surface area contributed by atoms with E-state index in [1.807, 2.05) is 30.3 Å². The van der Waals surface area contributed by atoms with Gasteiger partial charge in [0.15, 0.2) is 6.23 Å². The van der Waals surface area contributed by atoms with Gasteiger partial charge in [0, 0.05) is 6.20 Å². The highest BCUT2D eigenvalue weighted by molar-refractivity contribution is 5.83. The topological polar surface area (TPSA) is 181 Å². The summed E-state index contributed by atoms with van der Waals surface area (Å²) >= 11 is 0. The van der Waals surface area contributed by atoms with E-state index >= 15 is 0 Å². The first-order chi connectivity index (χ1) is 16.2. The summed E-state index contributed by atoms with van der Waals surface area (Å²) in [7, 11) is 0. The van der Waals surface area contributed by atoms with Crippen LogP contribution in [0.25, 0.3) is 0 Å². The minimum absolute atomic E-state index is 0.00147. The molecule has 0 saturated carbocycles. The maximum Gasteiger partial charge on any atom is 0.412 e. The Balaban J connectivity index is 1.43. The van der Waals surface area contributed by atoms with Crippen molar-refractivity contribution in [3.63, 3.8) is 0 Å². The summed E-state index contributed by atoms with van der Waals surface area (Å²) in [4.78, 5) is 39.6. The van der Waals surface area contributed by atoms with Crippen molar-refractivity contribution in [2.24, 2.45) is 0 Å². The number of hydrogen-bond acceptors (Lipinski definition) is 10. The van der Waals surface area contributed by atoms with Gasteiger partial charge in [0.05, 0.1) is 13.2 Å². The van der Waals surface area contributed by atoms with Gasteiger partial charge in [-0.2, -0.15) is 4.98 Å². The van der Waals surface area contributed by atoms with Gasteiger partial charge < -0.3 is 34.8 Å². The van der Waals surface area contributed by atoms with Crippen LogP contribution in [0.2, 0.25) is 0 Å². The highest BCUT2D eigenvalue weighted by atomic mass is 16.6. The molecule has 184 valence electrons. The predicted octanol–water partition coefficient (Wildman–Crippen LogP) is -0.280. The molecular weight excluding hydrogens is 452 g/mol. The normalized spacial score (nSPS) is 23.8. The number of anilines is 1. The molecule has 13 heteroatoms. The number of nitrogens with one attached hydrogen (secondary N) is 2. The van der Waals surface area contributed by atoms with E-state index in [-0.39, 0.29) is 25.6 Å². The second-order valence-electron chi connectivity index (χ2n) is 7.63. The van der Waals surface area contributed by atoms with Crippen LogP contribution in [0.5, 0.6) is 0 Å². The molecule has 34 heavy (non-hydrogen) atoms. The van der Waals surface area contributed by atoms with Crippen molar-refractivity contribution in [3.05, 3.63) is 58.6 Å². The molecule has 1 aliphatic rings. The van der Waals surface area contributed by atoms with E-state index in [0.29, 0.717) is 0 Å². The Kier molecular flexibility index (Phi) is 8.17. The van der Waals surface area contributed by atoms with Gasteiger partial charge in [0.2, 0.25) is 0 Å². The monoisotopic (exact) mass is 478 g/mol. The lowest BCUT2D eigenvalue weighted by molar-refractivity contribution is -0.0986. The van der Waals surface area contributed by atoms with E-state index in [1.165, 1.54) is 19.2 Å². The van der Waals surface area contributed by atoms with Crippen LogP contribution >= 0.6 is 0 Å². The Morgan fingerprint density at radius 3 is 2.59 bits per heavy atom. The number of hydrogen-bond donors (Lipinski definition) is 5. The molecule has 0 bridgehead atoms. The molecule has 13 nitrogen and oxygen atoms in total. The summed E-state index contributed by atoms with van der Waals surface area (Å²) in [5.74, 6) is -0.127. The van der Waals surface area contributed by atoms with Crippen LogP contribution in [0.15, 0.2) is 47.4 Å². The van der Waals surface area contributed by atoms with Gasteiger partial charge in [-0.05, 0) is 18.6 Å². The quantitative estimate of drug-likeness (QED) is 0.317. The van der Waals surface area contributed by atoms with E-state index < -0.39 is 48.5 Å². The molecule has 5 N–H and O–H groups in total. The molecule has 1 aromatic carbocycles.